The molecule has 4 N–H and O–H groups in total. The number of anilines is 2. The van der Waals surface area contributed by atoms with Gasteiger partial charge in [0.25, 0.3) is 5.91 Å². The molecule has 1 amide bonds. The minimum absolute atomic E-state index is 0.0689. The second kappa shape index (κ2) is 14.3. The first-order valence-corrected chi connectivity index (χ1v) is 15.5. The standard InChI is InChI=1S/C29H45N5O5S/c1-19(2)17-39-18-25(26(35)16-30-11-7-8-22-9-10-22)32-29(36)23-13-27(31-15-24-12-21(24)5)33-28(14-23)34(6)40(37,38)20(3)4/h13-14,20-22,24-26,30,35H,1,9-12,15-18H2,2-6H3,(H,31,33)(H,32,36)/t21-,24+,25-,26+/m0/s1. The van der Waals surface area contributed by atoms with Crippen LogP contribution in [0.4, 0.5) is 11.6 Å². The normalized spacial score (nSPS) is 19.8. The Balaban J connectivity index is 1.76. The third-order valence-corrected chi connectivity index (χ3v) is 9.21. The maximum atomic E-state index is 13.5. The van der Waals surface area contributed by atoms with Gasteiger partial charge in [-0.15, -0.1) is 0 Å². The van der Waals surface area contributed by atoms with E-state index >= 15 is 0 Å². The molecule has 10 nitrogen and oxygen atoms in total. The largest absolute Gasteiger partial charge is 0.390 e. The number of rotatable bonds is 16. The van der Waals surface area contributed by atoms with Gasteiger partial charge in [0.1, 0.15) is 11.6 Å². The van der Waals surface area contributed by atoms with E-state index in [2.05, 4.69) is 46.3 Å². The van der Waals surface area contributed by atoms with Gasteiger partial charge in [-0.1, -0.05) is 30.9 Å². The van der Waals surface area contributed by atoms with Gasteiger partial charge in [0, 0.05) is 31.6 Å². The van der Waals surface area contributed by atoms with Crippen LogP contribution in [0.3, 0.4) is 0 Å². The molecule has 0 radical (unpaired) electrons. The molecule has 2 fully saturated rings. The van der Waals surface area contributed by atoms with E-state index in [0.29, 0.717) is 43.3 Å². The molecule has 2 aliphatic carbocycles. The number of ether oxygens (including phenoxy) is 1. The lowest BCUT2D eigenvalue weighted by atomic mass is 10.1. The molecule has 11 heteroatoms. The van der Waals surface area contributed by atoms with Gasteiger partial charge in [-0.2, -0.15) is 0 Å². The van der Waals surface area contributed by atoms with Crippen molar-refractivity contribution in [3.05, 3.63) is 29.8 Å². The van der Waals surface area contributed by atoms with Gasteiger partial charge in [0.05, 0.1) is 37.2 Å². The van der Waals surface area contributed by atoms with E-state index in [9.17, 15) is 18.3 Å². The highest BCUT2D eigenvalue weighted by Gasteiger charge is 2.32. The zero-order valence-corrected chi connectivity index (χ0v) is 25.2. The number of carbonyl (C=O) groups excluding carboxylic acids is 1. The molecule has 0 aromatic carbocycles. The summed E-state index contributed by atoms with van der Waals surface area (Å²) in [6.45, 7) is 12.7. The third kappa shape index (κ3) is 9.77. The van der Waals surface area contributed by atoms with Crippen molar-refractivity contribution < 1.29 is 23.1 Å². The second-order valence-corrected chi connectivity index (χ2v) is 13.9. The highest BCUT2D eigenvalue weighted by molar-refractivity contribution is 7.93. The van der Waals surface area contributed by atoms with Crippen molar-refractivity contribution in [2.45, 2.75) is 64.4 Å². The van der Waals surface area contributed by atoms with Gasteiger partial charge in [-0.3, -0.25) is 9.10 Å². The highest BCUT2D eigenvalue weighted by atomic mass is 32.2. The molecule has 0 saturated heterocycles. The van der Waals surface area contributed by atoms with Crippen LogP contribution in [0, 0.1) is 29.6 Å². The Bertz CT molecular complexity index is 1200. The van der Waals surface area contributed by atoms with Gasteiger partial charge < -0.3 is 25.8 Å². The minimum Gasteiger partial charge on any atom is -0.390 e. The molecule has 3 rings (SSSR count). The van der Waals surface area contributed by atoms with Crippen molar-refractivity contribution >= 4 is 27.6 Å². The average Bonchev–Trinajstić information content (AvgIpc) is 3.83. The number of carbonyl (C=O) groups is 1. The summed E-state index contributed by atoms with van der Waals surface area (Å²) in [7, 11) is -2.23. The first-order valence-electron chi connectivity index (χ1n) is 14.0. The molecular formula is C29H45N5O5S. The van der Waals surface area contributed by atoms with Crippen LogP contribution in [0.15, 0.2) is 24.3 Å². The van der Waals surface area contributed by atoms with Gasteiger partial charge in [0.2, 0.25) is 10.0 Å². The van der Waals surface area contributed by atoms with E-state index in [1.54, 1.807) is 19.9 Å². The summed E-state index contributed by atoms with van der Waals surface area (Å²) in [5.74, 6) is 7.95. The lowest BCUT2D eigenvalue weighted by Gasteiger charge is -2.25. The predicted octanol–water partition coefficient (Wildman–Crippen LogP) is 2.38. The summed E-state index contributed by atoms with van der Waals surface area (Å²) in [4.78, 5) is 18.0. The van der Waals surface area contributed by atoms with E-state index in [0.717, 1.165) is 29.1 Å². The van der Waals surface area contributed by atoms with Crippen LogP contribution in [0.2, 0.25) is 0 Å². The predicted molar refractivity (Wildman–Crippen MR) is 159 cm³/mol. The summed E-state index contributed by atoms with van der Waals surface area (Å²) in [6, 6.07) is 2.32. The number of pyridine rings is 1. The number of nitrogens with one attached hydrogen (secondary N) is 3. The van der Waals surface area contributed by atoms with Crippen LogP contribution in [0.25, 0.3) is 0 Å². The summed E-state index contributed by atoms with van der Waals surface area (Å²) in [5, 5.41) is 19.5. The molecule has 4 atom stereocenters. The van der Waals surface area contributed by atoms with E-state index in [1.807, 2.05) is 6.92 Å². The Morgan fingerprint density at radius 2 is 2.02 bits per heavy atom. The number of hydrogen-bond donors (Lipinski definition) is 4. The fourth-order valence-electron chi connectivity index (χ4n) is 3.97. The van der Waals surface area contributed by atoms with Gasteiger partial charge in [-0.25, -0.2) is 13.4 Å². The molecule has 222 valence electrons. The number of aliphatic hydroxyl groups excluding tert-OH is 1. The zero-order chi connectivity index (χ0) is 29.4. The van der Waals surface area contributed by atoms with Gasteiger partial charge in [0.15, 0.2) is 0 Å². The van der Waals surface area contributed by atoms with Crippen LogP contribution in [-0.4, -0.2) is 81.7 Å². The Morgan fingerprint density at radius 1 is 1.32 bits per heavy atom. The molecule has 40 heavy (non-hydrogen) atoms. The fraction of sp³-hybridized carbons (Fsp3) is 0.655. The van der Waals surface area contributed by atoms with Crippen molar-refractivity contribution in [1.82, 2.24) is 15.6 Å². The van der Waals surface area contributed by atoms with E-state index in [1.165, 1.54) is 13.1 Å². The smallest absolute Gasteiger partial charge is 0.251 e. The summed E-state index contributed by atoms with van der Waals surface area (Å²) < 4.78 is 32.5. The third-order valence-electron chi connectivity index (χ3n) is 7.07. The zero-order valence-electron chi connectivity index (χ0n) is 24.4. The van der Waals surface area contributed by atoms with Crippen LogP contribution in [-0.2, 0) is 14.8 Å². The molecule has 2 saturated carbocycles. The topological polar surface area (TPSA) is 133 Å². The average molecular weight is 576 g/mol. The summed E-state index contributed by atoms with van der Waals surface area (Å²) in [5.41, 5.74) is 1.05. The van der Waals surface area contributed by atoms with Crippen molar-refractivity contribution in [2.75, 3.05) is 49.5 Å². The molecule has 0 spiro atoms. The first kappa shape index (κ1) is 31.9. The Morgan fingerprint density at radius 3 is 2.62 bits per heavy atom. The molecular weight excluding hydrogens is 530 g/mol. The SMILES string of the molecule is C=C(C)COC[C@H](NC(=O)c1cc(NC[C@H]2C[C@@H]2C)nc(N(C)S(=O)(=O)C(C)C)c1)[C@H](O)CNCC#CC1CC1. The molecule has 0 aliphatic heterocycles. The van der Waals surface area contributed by atoms with Gasteiger partial charge in [-0.05, 0) is 64.0 Å². The number of nitrogens with zero attached hydrogens (tertiary/aromatic N) is 2. The molecule has 0 unspecified atom stereocenters. The Hall–Kier alpha value is -2.65. The van der Waals surface area contributed by atoms with Crippen LogP contribution in [0.1, 0.15) is 57.3 Å². The molecule has 2 aliphatic rings. The maximum Gasteiger partial charge on any atom is 0.251 e. The minimum atomic E-state index is -3.67. The van der Waals surface area contributed by atoms with Gasteiger partial charge >= 0.3 is 0 Å². The maximum absolute atomic E-state index is 13.5. The van der Waals surface area contributed by atoms with Crippen molar-refractivity contribution in [3.63, 3.8) is 0 Å². The van der Waals surface area contributed by atoms with E-state index in [4.69, 9.17) is 4.74 Å². The van der Waals surface area contributed by atoms with Crippen molar-refractivity contribution in [3.8, 4) is 11.8 Å². The number of sulfonamides is 1. The number of hydrogen-bond acceptors (Lipinski definition) is 8. The van der Waals surface area contributed by atoms with Crippen LogP contribution >= 0.6 is 0 Å². The summed E-state index contributed by atoms with van der Waals surface area (Å²) in [6.07, 6.45) is 2.47. The number of aromatic nitrogens is 1. The molecule has 0 bridgehead atoms. The first-order chi connectivity index (χ1) is 18.9. The number of amides is 1. The Kier molecular flexibility index (Phi) is 11.4. The van der Waals surface area contributed by atoms with Crippen molar-refractivity contribution in [1.29, 1.82) is 0 Å². The quantitative estimate of drug-likeness (QED) is 0.134. The fourth-order valence-corrected chi connectivity index (χ4v) is 4.96. The number of aliphatic hydroxyl groups is 1. The van der Waals surface area contributed by atoms with E-state index in [-0.39, 0.29) is 24.5 Å². The van der Waals surface area contributed by atoms with E-state index < -0.39 is 33.3 Å². The molecule has 1 aromatic heterocycles. The van der Waals surface area contributed by atoms with Crippen molar-refractivity contribution in [2.24, 2.45) is 17.8 Å². The summed E-state index contributed by atoms with van der Waals surface area (Å²) >= 11 is 0. The lowest BCUT2D eigenvalue weighted by Crippen LogP contribution is -2.50. The van der Waals surface area contributed by atoms with Crippen LogP contribution in [0.5, 0.6) is 0 Å². The molecule has 1 aromatic rings. The monoisotopic (exact) mass is 575 g/mol. The molecule has 1 heterocycles. The lowest BCUT2D eigenvalue weighted by molar-refractivity contribution is 0.0508. The van der Waals surface area contributed by atoms with Crippen LogP contribution < -0.4 is 20.3 Å². The second-order valence-electron chi connectivity index (χ2n) is 11.4. The highest BCUT2D eigenvalue weighted by Crippen LogP contribution is 2.37. The Labute approximate surface area is 239 Å².